The van der Waals surface area contributed by atoms with Crippen LogP contribution in [0.3, 0.4) is 0 Å². The molecular weight excluding hydrogens is 474 g/mol. The van der Waals surface area contributed by atoms with Crippen LogP contribution >= 0.6 is 11.3 Å². The first-order valence-electron chi connectivity index (χ1n) is 11.9. The maximum Gasteiger partial charge on any atom is 0.354 e. The van der Waals surface area contributed by atoms with E-state index in [-0.39, 0.29) is 17.9 Å². The quantitative estimate of drug-likeness (QED) is 0.241. The molecule has 0 amide bonds. The molecule has 36 heavy (non-hydrogen) atoms. The molecule has 3 aromatic rings. The van der Waals surface area contributed by atoms with Gasteiger partial charge in [0.1, 0.15) is 0 Å². The van der Waals surface area contributed by atoms with E-state index in [2.05, 4.69) is 43.3 Å². The molecule has 0 aliphatic rings. The van der Waals surface area contributed by atoms with Crippen LogP contribution in [0.4, 0.5) is 0 Å². The minimum Gasteiger partial charge on any atom is -0.550 e. The standard InChI is InChI=1S/C15H10O3S.C12H27N5/c16-14(17)8-9-5-6-13-11(7-9)15(18)10-3-1-2-4-12(10)19-13;1-9(2)13-11(14-10(3)4)15-12(16(5)6)17(7)8/h1-7H,8H2,(H,16,17);9-10H,1-8H3,(H,13,14). The molecule has 2 aromatic carbocycles. The summed E-state index contributed by atoms with van der Waals surface area (Å²) < 4.78 is 3.83. The number of hydrogen-bond acceptors (Lipinski definition) is 5. The molecule has 8 nitrogen and oxygen atoms in total. The first kappa shape index (κ1) is 28.8. The molecule has 0 unspecified atom stereocenters. The van der Waals surface area contributed by atoms with E-state index in [1.807, 2.05) is 55.9 Å². The van der Waals surface area contributed by atoms with Crippen LogP contribution in [0.15, 0.2) is 52.3 Å². The number of guanidine groups is 2. The van der Waals surface area contributed by atoms with Crippen LogP contribution in [0, 0.1) is 0 Å². The average molecular weight is 512 g/mol. The number of fused-ring (bicyclic) bond motifs is 2. The lowest BCUT2D eigenvalue weighted by molar-refractivity contribution is -0.471. The third kappa shape index (κ3) is 8.34. The number of aliphatic imine (C=N–C) groups is 1. The molecule has 2 N–H and O–H groups in total. The van der Waals surface area contributed by atoms with Gasteiger partial charge in [-0.1, -0.05) is 18.2 Å². The SMILES string of the molecule is CC(C)N=C(NC(N(C)C)=[N+](C)C)NC(C)C.O=C([O-])Cc1ccc2sc3ccccc3c(=O)c2c1. The lowest BCUT2D eigenvalue weighted by Gasteiger charge is -2.17. The first-order chi connectivity index (χ1) is 16.9. The van der Waals surface area contributed by atoms with Gasteiger partial charge in [-0.05, 0) is 57.5 Å². The lowest BCUT2D eigenvalue weighted by atomic mass is 10.1. The number of carbonyl (C=O) groups excluding carboxylic acids is 1. The Morgan fingerprint density at radius 1 is 1.06 bits per heavy atom. The van der Waals surface area contributed by atoms with Crippen LogP contribution in [0.2, 0.25) is 0 Å². The maximum absolute atomic E-state index is 12.4. The van der Waals surface area contributed by atoms with Gasteiger partial charge in [0.25, 0.3) is 5.96 Å². The van der Waals surface area contributed by atoms with Crippen molar-refractivity contribution in [3.05, 3.63) is 58.3 Å². The third-order valence-electron chi connectivity index (χ3n) is 4.88. The molecule has 0 spiro atoms. The van der Waals surface area contributed by atoms with Gasteiger partial charge in [-0.25, -0.2) is 10.3 Å². The first-order valence-corrected chi connectivity index (χ1v) is 12.7. The van der Waals surface area contributed by atoms with Gasteiger partial charge in [-0.3, -0.25) is 14.3 Å². The number of aliphatic carboxylic acids is 1. The highest BCUT2D eigenvalue weighted by Gasteiger charge is 2.16. The molecule has 0 aliphatic carbocycles. The Kier molecular flexibility index (Phi) is 10.4. The predicted molar refractivity (Wildman–Crippen MR) is 149 cm³/mol. The van der Waals surface area contributed by atoms with Crippen molar-refractivity contribution in [2.45, 2.75) is 46.2 Å². The second kappa shape index (κ2) is 13.0. The number of carbonyl (C=O) groups is 1. The number of nitrogens with one attached hydrogen (secondary N) is 2. The smallest absolute Gasteiger partial charge is 0.354 e. The Balaban J connectivity index is 0.000000256. The molecule has 0 saturated heterocycles. The van der Waals surface area contributed by atoms with Crippen molar-refractivity contribution >= 4 is 49.4 Å². The maximum atomic E-state index is 12.4. The van der Waals surface area contributed by atoms with Crippen molar-refractivity contribution in [3.8, 4) is 0 Å². The minimum atomic E-state index is -1.14. The van der Waals surface area contributed by atoms with E-state index in [0.29, 0.717) is 22.4 Å². The summed E-state index contributed by atoms with van der Waals surface area (Å²) in [4.78, 5) is 29.6. The molecule has 1 aromatic heterocycles. The van der Waals surface area contributed by atoms with Gasteiger partial charge in [0.2, 0.25) is 0 Å². The van der Waals surface area contributed by atoms with Crippen molar-refractivity contribution in [3.63, 3.8) is 0 Å². The summed E-state index contributed by atoms with van der Waals surface area (Å²) in [6, 6.07) is 13.2. The molecule has 0 bridgehead atoms. The second-order valence-electron chi connectivity index (χ2n) is 9.41. The number of hydrogen-bond donors (Lipinski definition) is 2. The molecule has 0 aliphatic heterocycles. The number of rotatable bonds is 4. The lowest BCUT2D eigenvalue weighted by Crippen LogP contribution is -2.51. The number of benzene rings is 2. The molecular formula is C27H37N5O3S. The summed E-state index contributed by atoms with van der Waals surface area (Å²) >= 11 is 1.53. The number of carboxylic acids is 1. The van der Waals surface area contributed by atoms with Gasteiger partial charge in [0.15, 0.2) is 5.43 Å². The van der Waals surface area contributed by atoms with Crippen LogP contribution in [-0.2, 0) is 11.2 Å². The van der Waals surface area contributed by atoms with Gasteiger partial charge in [0.05, 0.1) is 28.2 Å². The summed E-state index contributed by atoms with van der Waals surface area (Å²) in [7, 11) is 8.02. The number of nitrogens with zero attached hydrogens (tertiary/aromatic N) is 3. The fraction of sp³-hybridized carbons (Fsp3) is 0.407. The number of carboxylic acid groups (broad SMARTS) is 1. The average Bonchev–Trinajstić information content (AvgIpc) is 2.77. The zero-order valence-electron chi connectivity index (χ0n) is 22.4. The fourth-order valence-corrected chi connectivity index (χ4v) is 4.55. The van der Waals surface area contributed by atoms with Crippen molar-refractivity contribution < 1.29 is 14.5 Å². The van der Waals surface area contributed by atoms with Crippen LogP contribution in [0.5, 0.6) is 0 Å². The molecule has 0 fully saturated rings. The van der Waals surface area contributed by atoms with E-state index in [4.69, 9.17) is 0 Å². The Bertz CT molecular complexity index is 1320. The molecule has 0 radical (unpaired) electrons. The Hall–Kier alpha value is -3.46. The summed E-state index contributed by atoms with van der Waals surface area (Å²) in [5.74, 6) is 0.668. The zero-order chi connectivity index (χ0) is 27.0. The molecule has 3 rings (SSSR count). The zero-order valence-corrected chi connectivity index (χ0v) is 23.2. The van der Waals surface area contributed by atoms with Crippen molar-refractivity contribution in [1.82, 2.24) is 15.5 Å². The normalized spacial score (nSPS) is 11.3. The third-order valence-corrected chi connectivity index (χ3v) is 6.03. The highest BCUT2D eigenvalue weighted by Crippen LogP contribution is 2.25. The van der Waals surface area contributed by atoms with Gasteiger partial charge in [-0.15, -0.1) is 11.3 Å². The molecule has 9 heteroatoms. The van der Waals surface area contributed by atoms with E-state index in [1.165, 1.54) is 11.3 Å². The summed E-state index contributed by atoms with van der Waals surface area (Å²) in [6.45, 7) is 8.33. The Labute approximate surface area is 217 Å². The van der Waals surface area contributed by atoms with Crippen LogP contribution in [0.25, 0.3) is 20.2 Å². The van der Waals surface area contributed by atoms with Crippen molar-refractivity contribution in [2.24, 2.45) is 4.99 Å². The van der Waals surface area contributed by atoms with Crippen molar-refractivity contribution in [2.75, 3.05) is 28.2 Å². The van der Waals surface area contributed by atoms with E-state index in [0.717, 1.165) is 21.3 Å². The van der Waals surface area contributed by atoms with Crippen LogP contribution in [-0.4, -0.2) is 67.6 Å². The minimum absolute atomic E-state index is 0.0513. The van der Waals surface area contributed by atoms with E-state index >= 15 is 0 Å². The van der Waals surface area contributed by atoms with E-state index in [9.17, 15) is 14.7 Å². The fourth-order valence-electron chi connectivity index (χ4n) is 3.49. The van der Waals surface area contributed by atoms with Crippen molar-refractivity contribution in [1.29, 1.82) is 0 Å². The topological polar surface area (TPSA) is 99.9 Å². The van der Waals surface area contributed by atoms with Gasteiger partial charge >= 0.3 is 5.96 Å². The molecule has 194 valence electrons. The summed E-state index contributed by atoms with van der Waals surface area (Å²) in [5, 5.41) is 18.5. The summed E-state index contributed by atoms with van der Waals surface area (Å²) in [6.07, 6.45) is -0.174. The predicted octanol–water partition coefficient (Wildman–Crippen LogP) is 2.24. The highest BCUT2D eigenvalue weighted by atomic mass is 32.1. The summed E-state index contributed by atoms with van der Waals surface area (Å²) in [5.41, 5.74) is 0.539. The van der Waals surface area contributed by atoms with Gasteiger partial charge in [0, 0.05) is 44.6 Å². The highest BCUT2D eigenvalue weighted by molar-refractivity contribution is 7.24. The van der Waals surface area contributed by atoms with Crippen LogP contribution < -0.4 is 21.2 Å². The molecule has 0 saturated carbocycles. The van der Waals surface area contributed by atoms with Gasteiger partial charge < -0.3 is 15.2 Å². The largest absolute Gasteiger partial charge is 0.550 e. The second-order valence-corrected chi connectivity index (χ2v) is 10.5. The Morgan fingerprint density at radius 3 is 2.25 bits per heavy atom. The molecule has 1 heterocycles. The van der Waals surface area contributed by atoms with E-state index < -0.39 is 5.97 Å². The van der Waals surface area contributed by atoms with E-state index in [1.54, 1.807) is 24.3 Å². The Morgan fingerprint density at radius 2 is 1.69 bits per heavy atom. The monoisotopic (exact) mass is 511 g/mol. The molecule has 0 atom stereocenters. The van der Waals surface area contributed by atoms with Crippen LogP contribution in [0.1, 0.15) is 33.3 Å². The van der Waals surface area contributed by atoms with Gasteiger partial charge in [-0.2, -0.15) is 0 Å².